The first kappa shape index (κ1) is 12.9. The van der Waals surface area contributed by atoms with E-state index in [1.54, 1.807) is 0 Å². The third-order valence-electron chi connectivity index (χ3n) is 4.54. The lowest BCUT2D eigenvalue weighted by molar-refractivity contribution is -0.135. The quantitative estimate of drug-likeness (QED) is 0.817. The Hall–Kier alpha value is -0.570. The summed E-state index contributed by atoms with van der Waals surface area (Å²) in [7, 11) is 0. The van der Waals surface area contributed by atoms with Crippen LogP contribution in [0.4, 0.5) is 0 Å². The summed E-state index contributed by atoms with van der Waals surface area (Å²) in [4.78, 5) is 14.4. The number of carbonyl (C=O) groups is 1. The summed E-state index contributed by atoms with van der Waals surface area (Å²) in [5, 5.41) is 0. The van der Waals surface area contributed by atoms with Crippen LogP contribution < -0.4 is 5.73 Å². The highest BCUT2D eigenvalue weighted by Gasteiger charge is 2.32. The molecule has 98 valence electrons. The Balaban J connectivity index is 1.80. The predicted molar refractivity (Wildman–Crippen MR) is 69.5 cm³/mol. The molecule has 1 unspecified atom stereocenters. The molecule has 0 aromatic rings. The molecule has 1 aliphatic carbocycles. The van der Waals surface area contributed by atoms with E-state index in [9.17, 15) is 4.79 Å². The second kappa shape index (κ2) is 5.85. The van der Waals surface area contributed by atoms with Gasteiger partial charge in [0.2, 0.25) is 5.91 Å². The van der Waals surface area contributed by atoms with Crippen molar-refractivity contribution in [3.8, 4) is 0 Å². The van der Waals surface area contributed by atoms with Crippen molar-refractivity contribution in [2.75, 3.05) is 19.6 Å². The van der Waals surface area contributed by atoms with Crippen LogP contribution >= 0.6 is 0 Å². The molecule has 1 aliphatic heterocycles. The van der Waals surface area contributed by atoms with E-state index in [1.165, 1.54) is 12.8 Å². The molecule has 2 N–H and O–H groups in total. The molecule has 2 rings (SSSR count). The van der Waals surface area contributed by atoms with Crippen LogP contribution in [0.1, 0.15) is 45.4 Å². The van der Waals surface area contributed by atoms with Gasteiger partial charge in [0.25, 0.3) is 0 Å². The third-order valence-corrected chi connectivity index (χ3v) is 4.54. The Morgan fingerprint density at radius 3 is 2.59 bits per heavy atom. The summed E-state index contributed by atoms with van der Waals surface area (Å²) >= 11 is 0. The summed E-state index contributed by atoms with van der Waals surface area (Å²) in [6, 6.07) is 0. The van der Waals surface area contributed by atoms with Crippen LogP contribution in [0.15, 0.2) is 0 Å². The van der Waals surface area contributed by atoms with Gasteiger partial charge in [-0.2, -0.15) is 0 Å². The first-order valence-corrected chi connectivity index (χ1v) is 7.19. The van der Waals surface area contributed by atoms with E-state index in [4.69, 9.17) is 5.73 Å². The van der Waals surface area contributed by atoms with Gasteiger partial charge in [-0.25, -0.2) is 0 Å². The lowest BCUT2D eigenvalue weighted by atomic mass is 9.82. The normalized spacial score (nSPS) is 34.0. The number of rotatable bonds is 3. The number of hydrogen-bond donors (Lipinski definition) is 1. The molecule has 0 aromatic carbocycles. The molecule has 1 saturated carbocycles. The highest BCUT2D eigenvalue weighted by atomic mass is 16.2. The molecule has 0 bridgehead atoms. The van der Waals surface area contributed by atoms with E-state index < -0.39 is 0 Å². The maximum atomic E-state index is 12.4. The van der Waals surface area contributed by atoms with Gasteiger partial charge < -0.3 is 10.6 Å². The number of nitrogens with two attached hydrogens (primary N) is 1. The molecule has 0 aromatic heterocycles. The van der Waals surface area contributed by atoms with E-state index in [0.717, 1.165) is 51.2 Å². The standard InChI is InChI=1S/C14H26N2O/c1-11-2-4-13(5-3-11)14(17)16-9-7-12(10-16)6-8-15/h11-13H,2-10,15H2,1H3. The van der Waals surface area contributed by atoms with Gasteiger partial charge in [0.1, 0.15) is 0 Å². The number of amides is 1. The van der Waals surface area contributed by atoms with Gasteiger partial charge in [0.05, 0.1) is 0 Å². The van der Waals surface area contributed by atoms with E-state index in [-0.39, 0.29) is 0 Å². The first-order chi connectivity index (χ1) is 8.20. The number of likely N-dealkylation sites (tertiary alicyclic amines) is 1. The Kier molecular flexibility index (Phi) is 4.43. The second-order valence-electron chi connectivity index (χ2n) is 5.97. The van der Waals surface area contributed by atoms with Gasteiger partial charge in [0, 0.05) is 19.0 Å². The molecule has 0 spiro atoms. The van der Waals surface area contributed by atoms with E-state index in [0.29, 0.717) is 17.7 Å². The Labute approximate surface area is 105 Å². The minimum absolute atomic E-state index is 0.322. The molecule has 1 amide bonds. The van der Waals surface area contributed by atoms with Gasteiger partial charge in [-0.05, 0) is 56.9 Å². The minimum atomic E-state index is 0.322. The summed E-state index contributed by atoms with van der Waals surface area (Å²) in [5.41, 5.74) is 5.58. The van der Waals surface area contributed by atoms with Crippen molar-refractivity contribution in [2.24, 2.45) is 23.5 Å². The van der Waals surface area contributed by atoms with Gasteiger partial charge in [0.15, 0.2) is 0 Å². The number of hydrogen-bond acceptors (Lipinski definition) is 2. The zero-order chi connectivity index (χ0) is 12.3. The van der Waals surface area contributed by atoms with Crippen LogP contribution in [0.2, 0.25) is 0 Å². The zero-order valence-corrected chi connectivity index (χ0v) is 11.0. The lowest BCUT2D eigenvalue weighted by Gasteiger charge is -2.29. The molecule has 1 heterocycles. The van der Waals surface area contributed by atoms with E-state index in [2.05, 4.69) is 11.8 Å². The van der Waals surface area contributed by atoms with Crippen LogP contribution in [-0.2, 0) is 4.79 Å². The fourth-order valence-corrected chi connectivity index (χ4v) is 3.27. The summed E-state index contributed by atoms with van der Waals surface area (Å²) in [6.07, 6.45) is 6.92. The van der Waals surface area contributed by atoms with Gasteiger partial charge >= 0.3 is 0 Å². The average Bonchev–Trinajstić information content (AvgIpc) is 2.78. The summed E-state index contributed by atoms with van der Waals surface area (Å²) < 4.78 is 0. The van der Waals surface area contributed by atoms with Crippen LogP contribution in [0.25, 0.3) is 0 Å². The molecule has 1 saturated heterocycles. The van der Waals surface area contributed by atoms with E-state index >= 15 is 0 Å². The fourth-order valence-electron chi connectivity index (χ4n) is 3.27. The van der Waals surface area contributed by atoms with E-state index in [1.807, 2.05) is 0 Å². The van der Waals surface area contributed by atoms with Crippen molar-refractivity contribution < 1.29 is 4.79 Å². The van der Waals surface area contributed by atoms with Crippen molar-refractivity contribution >= 4 is 5.91 Å². The molecular formula is C14H26N2O. The van der Waals surface area contributed by atoms with Gasteiger partial charge in [-0.3, -0.25) is 4.79 Å². The summed E-state index contributed by atoms with van der Waals surface area (Å²) in [5.74, 6) is 2.23. The maximum absolute atomic E-state index is 12.4. The van der Waals surface area contributed by atoms with Crippen molar-refractivity contribution in [3.05, 3.63) is 0 Å². The smallest absolute Gasteiger partial charge is 0.225 e. The third kappa shape index (κ3) is 3.21. The van der Waals surface area contributed by atoms with Crippen LogP contribution in [0, 0.1) is 17.8 Å². The lowest BCUT2D eigenvalue weighted by Crippen LogP contribution is -2.36. The largest absolute Gasteiger partial charge is 0.342 e. The molecule has 2 aliphatic rings. The first-order valence-electron chi connectivity index (χ1n) is 7.19. The van der Waals surface area contributed by atoms with Crippen LogP contribution in [-0.4, -0.2) is 30.4 Å². The topological polar surface area (TPSA) is 46.3 Å². The maximum Gasteiger partial charge on any atom is 0.225 e. The van der Waals surface area contributed by atoms with Gasteiger partial charge in [-0.1, -0.05) is 6.92 Å². The van der Waals surface area contributed by atoms with Crippen molar-refractivity contribution in [3.63, 3.8) is 0 Å². The Morgan fingerprint density at radius 1 is 1.24 bits per heavy atom. The van der Waals surface area contributed by atoms with Crippen molar-refractivity contribution in [1.82, 2.24) is 4.90 Å². The number of nitrogens with zero attached hydrogens (tertiary/aromatic N) is 1. The SMILES string of the molecule is CC1CCC(C(=O)N2CCC(CCN)C2)CC1. The van der Waals surface area contributed by atoms with Crippen LogP contribution in [0.5, 0.6) is 0 Å². The highest BCUT2D eigenvalue weighted by Crippen LogP contribution is 2.31. The molecule has 2 fully saturated rings. The molecule has 1 atom stereocenters. The summed E-state index contributed by atoms with van der Waals surface area (Å²) in [6.45, 7) is 4.99. The Bertz CT molecular complexity index is 259. The molecule has 3 nitrogen and oxygen atoms in total. The van der Waals surface area contributed by atoms with Crippen LogP contribution in [0.3, 0.4) is 0 Å². The van der Waals surface area contributed by atoms with Crippen molar-refractivity contribution in [2.45, 2.75) is 45.4 Å². The van der Waals surface area contributed by atoms with Crippen molar-refractivity contribution in [1.29, 1.82) is 0 Å². The Morgan fingerprint density at radius 2 is 1.94 bits per heavy atom. The zero-order valence-electron chi connectivity index (χ0n) is 11.0. The van der Waals surface area contributed by atoms with Gasteiger partial charge in [-0.15, -0.1) is 0 Å². The molecule has 17 heavy (non-hydrogen) atoms. The minimum Gasteiger partial charge on any atom is -0.342 e. The fraction of sp³-hybridized carbons (Fsp3) is 0.929. The molecular weight excluding hydrogens is 212 g/mol. The molecule has 3 heteroatoms. The second-order valence-corrected chi connectivity index (χ2v) is 5.97. The monoisotopic (exact) mass is 238 g/mol. The predicted octanol–water partition coefficient (Wildman–Crippen LogP) is 2.01. The average molecular weight is 238 g/mol. The highest BCUT2D eigenvalue weighted by molar-refractivity contribution is 5.79. The molecule has 0 radical (unpaired) electrons. The number of carbonyl (C=O) groups excluding carboxylic acids is 1.